The van der Waals surface area contributed by atoms with Gasteiger partial charge in [0.15, 0.2) is 0 Å². The van der Waals surface area contributed by atoms with E-state index in [-0.39, 0.29) is 20.8 Å². The summed E-state index contributed by atoms with van der Waals surface area (Å²) in [5.41, 5.74) is 10.5. The van der Waals surface area contributed by atoms with Gasteiger partial charge in [-0.25, -0.2) is 13.4 Å². The third-order valence-electron chi connectivity index (χ3n) is 5.47. The second-order valence-corrected chi connectivity index (χ2v) is 10.6. The molecule has 10 heteroatoms. The van der Waals surface area contributed by atoms with E-state index in [1.165, 1.54) is 18.2 Å². The number of rotatable bonds is 6. The van der Waals surface area contributed by atoms with Crippen molar-refractivity contribution in [3.63, 3.8) is 0 Å². The summed E-state index contributed by atoms with van der Waals surface area (Å²) in [5.74, 6) is 0.113. The molecule has 0 radical (unpaired) electrons. The molecule has 0 unspecified atom stereocenters. The summed E-state index contributed by atoms with van der Waals surface area (Å²) in [5, 5.41) is 10.00. The lowest BCUT2D eigenvalue weighted by molar-refractivity contribution is 0.601. The molecule has 182 valence electrons. The van der Waals surface area contributed by atoms with Gasteiger partial charge in [0.25, 0.3) is 10.0 Å². The van der Waals surface area contributed by atoms with E-state index in [9.17, 15) is 13.7 Å². The predicted octanol–water partition coefficient (Wildman–Crippen LogP) is 6.04. The van der Waals surface area contributed by atoms with E-state index in [0.717, 1.165) is 11.3 Å². The van der Waals surface area contributed by atoms with Crippen LogP contribution in [0, 0.1) is 11.3 Å². The Kier molecular flexibility index (Phi) is 7.09. The molecule has 0 aliphatic heterocycles. The normalized spacial score (nSPS) is 11.1. The lowest BCUT2D eigenvalue weighted by Crippen LogP contribution is -2.13. The fraction of sp³-hybridized carbons (Fsp3) is 0.0769. The van der Waals surface area contributed by atoms with Gasteiger partial charge in [-0.2, -0.15) is 5.26 Å². The summed E-state index contributed by atoms with van der Waals surface area (Å²) in [6, 6.07) is 22.6. The van der Waals surface area contributed by atoms with Crippen LogP contribution in [-0.4, -0.2) is 27.5 Å². The first kappa shape index (κ1) is 25.3. The van der Waals surface area contributed by atoms with Crippen molar-refractivity contribution in [3.05, 3.63) is 88.4 Å². The number of halogens is 2. The van der Waals surface area contributed by atoms with Crippen LogP contribution in [0.2, 0.25) is 10.0 Å². The molecule has 4 aromatic rings. The second-order valence-electron chi connectivity index (χ2n) is 8.13. The molecule has 0 aliphatic carbocycles. The lowest BCUT2D eigenvalue weighted by Gasteiger charge is -2.14. The minimum Gasteiger partial charge on any atom is -0.383 e. The van der Waals surface area contributed by atoms with Crippen molar-refractivity contribution in [2.45, 2.75) is 4.90 Å². The number of hydrogen-bond donors (Lipinski definition) is 2. The topological polar surface area (TPSA) is 112 Å². The Morgan fingerprint density at radius 1 is 0.944 bits per heavy atom. The van der Waals surface area contributed by atoms with E-state index in [1.54, 1.807) is 30.3 Å². The number of aromatic nitrogens is 1. The molecule has 0 saturated carbocycles. The molecule has 0 saturated heterocycles. The van der Waals surface area contributed by atoms with Gasteiger partial charge in [-0.1, -0.05) is 47.5 Å². The number of nitrogens with two attached hydrogens (primary N) is 1. The molecule has 1 heterocycles. The third-order valence-corrected chi connectivity index (χ3v) is 7.57. The average Bonchev–Trinajstić information content (AvgIpc) is 2.85. The molecule has 3 N–H and O–H groups in total. The van der Waals surface area contributed by atoms with Crippen LogP contribution < -0.4 is 15.4 Å². The van der Waals surface area contributed by atoms with Crippen molar-refractivity contribution in [1.82, 2.24) is 4.98 Å². The molecule has 0 fully saturated rings. The van der Waals surface area contributed by atoms with Gasteiger partial charge < -0.3 is 10.6 Å². The molecule has 4 rings (SSSR count). The smallest absolute Gasteiger partial charge is 0.263 e. The highest BCUT2D eigenvalue weighted by Gasteiger charge is 2.19. The Morgan fingerprint density at radius 3 is 2.19 bits per heavy atom. The molecule has 0 atom stereocenters. The van der Waals surface area contributed by atoms with E-state index in [1.807, 2.05) is 43.3 Å². The highest BCUT2D eigenvalue weighted by Crippen LogP contribution is 2.33. The van der Waals surface area contributed by atoms with Gasteiger partial charge in [0.2, 0.25) is 0 Å². The molecule has 0 amide bonds. The Labute approximate surface area is 219 Å². The van der Waals surface area contributed by atoms with E-state index in [4.69, 9.17) is 28.9 Å². The summed E-state index contributed by atoms with van der Waals surface area (Å²) < 4.78 is 28.1. The maximum atomic E-state index is 12.8. The van der Waals surface area contributed by atoms with Crippen LogP contribution in [0.25, 0.3) is 22.4 Å². The van der Waals surface area contributed by atoms with Crippen molar-refractivity contribution in [1.29, 1.82) is 5.26 Å². The predicted molar refractivity (Wildman–Crippen MR) is 146 cm³/mol. The average molecular weight is 538 g/mol. The van der Waals surface area contributed by atoms with Crippen molar-refractivity contribution < 1.29 is 8.42 Å². The number of benzene rings is 3. The zero-order chi connectivity index (χ0) is 26.0. The highest BCUT2D eigenvalue weighted by atomic mass is 35.5. The van der Waals surface area contributed by atoms with Crippen molar-refractivity contribution in [3.8, 4) is 28.5 Å². The molecule has 36 heavy (non-hydrogen) atoms. The number of pyridine rings is 1. The number of anilines is 3. The second kappa shape index (κ2) is 10.1. The van der Waals surface area contributed by atoms with Crippen LogP contribution in [0.5, 0.6) is 0 Å². The third kappa shape index (κ3) is 5.24. The van der Waals surface area contributed by atoms with E-state index in [2.05, 4.69) is 15.8 Å². The molecule has 0 spiro atoms. The maximum absolute atomic E-state index is 12.8. The first-order valence-corrected chi connectivity index (χ1v) is 12.9. The van der Waals surface area contributed by atoms with Gasteiger partial charge in [0.1, 0.15) is 22.3 Å². The molecular weight excluding hydrogens is 517 g/mol. The van der Waals surface area contributed by atoms with Gasteiger partial charge in [-0.15, -0.1) is 0 Å². The van der Waals surface area contributed by atoms with Crippen molar-refractivity contribution in [2.24, 2.45) is 0 Å². The van der Waals surface area contributed by atoms with E-state index in [0.29, 0.717) is 28.1 Å². The number of nitriles is 1. The molecular formula is C26H21Cl2N5O2S. The summed E-state index contributed by atoms with van der Waals surface area (Å²) in [4.78, 5) is 6.26. The SMILES string of the molecule is CN(C)c1ccc(-c2cc(-c3ccc(NS(=O)(=O)c4cc(Cl)ccc4Cl)cc3)nc(N)c2C#N)cc1. The van der Waals surface area contributed by atoms with Gasteiger partial charge >= 0.3 is 0 Å². The summed E-state index contributed by atoms with van der Waals surface area (Å²) in [7, 11) is -0.0537. The minimum absolute atomic E-state index is 0.0620. The lowest BCUT2D eigenvalue weighted by atomic mass is 9.98. The molecule has 1 aromatic heterocycles. The molecule has 3 aromatic carbocycles. The van der Waals surface area contributed by atoms with Crippen LogP contribution in [0.15, 0.2) is 77.7 Å². The summed E-state index contributed by atoms with van der Waals surface area (Å²) in [6.07, 6.45) is 0. The fourth-order valence-electron chi connectivity index (χ4n) is 3.60. The van der Waals surface area contributed by atoms with Gasteiger partial charge in [0.05, 0.1) is 10.7 Å². The minimum atomic E-state index is -3.95. The number of nitrogen functional groups attached to an aromatic ring is 1. The van der Waals surface area contributed by atoms with Gasteiger partial charge in [-0.05, 0) is 54.1 Å². The van der Waals surface area contributed by atoms with Crippen LogP contribution in [-0.2, 0) is 10.0 Å². The van der Waals surface area contributed by atoms with Gasteiger partial charge in [0, 0.05) is 41.6 Å². The standard InChI is InChI=1S/C26H21Cl2N5O2S/c1-33(2)20-10-5-16(6-11-20)21-14-24(31-26(30)22(21)15-29)17-3-8-19(9-4-17)32-36(34,35)25-13-18(27)7-12-23(25)28/h3-14,32H,1-2H3,(H2,30,31). The number of nitrogens with zero attached hydrogens (tertiary/aromatic N) is 3. The molecule has 0 bridgehead atoms. The van der Waals surface area contributed by atoms with Gasteiger partial charge in [-0.3, -0.25) is 4.72 Å². The highest BCUT2D eigenvalue weighted by molar-refractivity contribution is 7.92. The van der Waals surface area contributed by atoms with Crippen molar-refractivity contribution >= 4 is 50.4 Å². The number of nitrogens with one attached hydrogen (secondary N) is 1. The van der Waals surface area contributed by atoms with E-state index < -0.39 is 10.0 Å². The van der Waals surface area contributed by atoms with Crippen LogP contribution in [0.1, 0.15) is 5.56 Å². The maximum Gasteiger partial charge on any atom is 0.263 e. The zero-order valence-electron chi connectivity index (χ0n) is 19.3. The Bertz CT molecular complexity index is 1580. The Balaban J connectivity index is 1.67. The van der Waals surface area contributed by atoms with Crippen LogP contribution >= 0.6 is 23.2 Å². The van der Waals surface area contributed by atoms with E-state index >= 15 is 0 Å². The quantitative estimate of drug-likeness (QED) is 0.310. The van der Waals surface area contributed by atoms with Crippen LogP contribution in [0.3, 0.4) is 0 Å². The van der Waals surface area contributed by atoms with Crippen LogP contribution in [0.4, 0.5) is 17.2 Å². The number of hydrogen-bond acceptors (Lipinski definition) is 6. The Hall–Kier alpha value is -3.77. The molecule has 0 aliphatic rings. The first-order valence-electron chi connectivity index (χ1n) is 10.7. The fourth-order valence-corrected chi connectivity index (χ4v) is 5.42. The first-order chi connectivity index (χ1) is 17.1. The zero-order valence-corrected chi connectivity index (χ0v) is 21.7. The summed E-state index contributed by atoms with van der Waals surface area (Å²) in [6.45, 7) is 0. The Morgan fingerprint density at radius 2 is 1.58 bits per heavy atom. The summed E-state index contributed by atoms with van der Waals surface area (Å²) >= 11 is 12.0. The van der Waals surface area contributed by atoms with Crippen molar-refractivity contribution in [2.75, 3.05) is 29.5 Å². The largest absolute Gasteiger partial charge is 0.383 e. The monoisotopic (exact) mass is 537 g/mol. The number of sulfonamides is 1. The molecule has 7 nitrogen and oxygen atoms in total.